The van der Waals surface area contributed by atoms with Gasteiger partial charge in [-0.3, -0.25) is 4.79 Å². The number of rotatable bonds is 2. The van der Waals surface area contributed by atoms with Crippen LogP contribution in [0.25, 0.3) is 21.8 Å². The summed E-state index contributed by atoms with van der Waals surface area (Å²) >= 11 is 0. The minimum Gasteiger partial charge on any atom is -0.350 e. The zero-order chi connectivity index (χ0) is 16.7. The molecule has 24 heavy (non-hydrogen) atoms. The van der Waals surface area contributed by atoms with Crippen LogP contribution < -0.4 is 11.2 Å². The second kappa shape index (κ2) is 5.34. The van der Waals surface area contributed by atoms with Gasteiger partial charge in [-0.2, -0.15) is 5.10 Å². The first kappa shape index (κ1) is 14.2. The molecular weight excluding hydrogens is 304 g/mol. The van der Waals surface area contributed by atoms with E-state index in [-0.39, 0.29) is 0 Å². The van der Waals surface area contributed by atoms with Crippen LogP contribution >= 0.6 is 0 Å². The highest BCUT2D eigenvalue weighted by Crippen LogP contribution is 2.18. The summed E-state index contributed by atoms with van der Waals surface area (Å²) in [4.78, 5) is 27.3. The van der Waals surface area contributed by atoms with Gasteiger partial charge in [0, 0.05) is 29.7 Å². The maximum Gasteiger partial charge on any atom is 0.349 e. The molecule has 0 fully saturated rings. The van der Waals surface area contributed by atoms with E-state index in [1.165, 1.54) is 6.21 Å². The Morgan fingerprint density at radius 1 is 1.00 bits per heavy atom. The van der Waals surface area contributed by atoms with Crippen molar-refractivity contribution in [1.82, 2.24) is 14.2 Å². The van der Waals surface area contributed by atoms with Gasteiger partial charge >= 0.3 is 5.69 Å². The van der Waals surface area contributed by atoms with Crippen LogP contribution in [0, 0.1) is 0 Å². The summed E-state index contributed by atoms with van der Waals surface area (Å²) in [6, 6.07) is 14.7. The number of H-pyrrole nitrogens is 1. The summed E-state index contributed by atoms with van der Waals surface area (Å²) in [5, 5.41) is 5.54. The molecule has 0 aliphatic carbocycles. The number of fused-ring (bicyclic) bond motifs is 2. The summed E-state index contributed by atoms with van der Waals surface area (Å²) in [5.74, 6) is 0. The van der Waals surface area contributed by atoms with Crippen molar-refractivity contribution >= 4 is 28.0 Å². The number of nitrogens with one attached hydrogen (secondary N) is 1. The molecule has 4 rings (SSSR count). The van der Waals surface area contributed by atoms with Crippen molar-refractivity contribution in [3.8, 4) is 0 Å². The van der Waals surface area contributed by atoms with Gasteiger partial charge in [0.1, 0.15) is 0 Å². The molecule has 2 aromatic carbocycles. The SMILES string of the molecule is Cn1cc(C=Nn2c(=O)[nH]c3ccccc3c2=O)c2ccccc21. The Balaban J connectivity index is 1.89. The van der Waals surface area contributed by atoms with Gasteiger partial charge in [0.2, 0.25) is 0 Å². The molecule has 0 atom stereocenters. The maximum atomic E-state index is 12.5. The summed E-state index contributed by atoms with van der Waals surface area (Å²) < 4.78 is 2.83. The molecule has 118 valence electrons. The molecule has 0 aliphatic rings. The fourth-order valence-corrected chi connectivity index (χ4v) is 2.85. The Bertz CT molecular complexity index is 1210. The molecular formula is C18H14N4O2. The van der Waals surface area contributed by atoms with Gasteiger partial charge < -0.3 is 9.55 Å². The number of aryl methyl sites for hydroxylation is 1. The minimum atomic E-state index is -0.560. The second-order valence-electron chi connectivity index (χ2n) is 5.55. The van der Waals surface area contributed by atoms with Gasteiger partial charge in [-0.25, -0.2) is 4.79 Å². The van der Waals surface area contributed by atoms with E-state index < -0.39 is 11.2 Å². The van der Waals surface area contributed by atoms with Crippen molar-refractivity contribution in [2.24, 2.45) is 12.1 Å². The third-order valence-electron chi connectivity index (χ3n) is 4.02. The van der Waals surface area contributed by atoms with Crippen LogP contribution in [-0.4, -0.2) is 20.4 Å². The lowest BCUT2D eigenvalue weighted by molar-refractivity contribution is 0.771. The van der Waals surface area contributed by atoms with Crippen LogP contribution in [0.15, 0.2) is 69.4 Å². The van der Waals surface area contributed by atoms with Crippen molar-refractivity contribution in [2.45, 2.75) is 0 Å². The first-order chi connectivity index (χ1) is 11.6. The molecule has 0 spiro atoms. The third kappa shape index (κ3) is 2.16. The van der Waals surface area contributed by atoms with Crippen LogP contribution in [0.4, 0.5) is 0 Å². The monoisotopic (exact) mass is 318 g/mol. The molecule has 1 N–H and O–H groups in total. The third-order valence-corrected chi connectivity index (χ3v) is 4.02. The standard InChI is InChI=1S/C18H14N4O2/c1-21-11-12(13-6-3-5-9-16(13)21)10-19-22-17(23)14-7-2-4-8-15(14)20-18(22)24/h2-11H,1H3,(H,20,24). The number of para-hydroxylation sites is 2. The average molecular weight is 318 g/mol. The highest BCUT2D eigenvalue weighted by atomic mass is 16.2. The summed E-state index contributed by atoms with van der Waals surface area (Å²) in [6.07, 6.45) is 3.45. The minimum absolute atomic E-state index is 0.423. The zero-order valence-electron chi connectivity index (χ0n) is 12.9. The topological polar surface area (TPSA) is 72.2 Å². The van der Waals surface area contributed by atoms with Gasteiger partial charge in [0.05, 0.1) is 17.1 Å². The van der Waals surface area contributed by atoms with Gasteiger partial charge in [0.25, 0.3) is 5.56 Å². The van der Waals surface area contributed by atoms with Crippen LogP contribution in [0.3, 0.4) is 0 Å². The molecule has 0 saturated carbocycles. The van der Waals surface area contributed by atoms with Crippen LogP contribution in [0.1, 0.15) is 5.56 Å². The van der Waals surface area contributed by atoms with E-state index in [2.05, 4.69) is 10.1 Å². The van der Waals surface area contributed by atoms with Crippen LogP contribution in [0.2, 0.25) is 0 Å². The number of aromatic amines is 1. The Hall–Kier alpha value is -3.41. The molecule has 0 radical (unpaired) electrons. The molecule has 0 unspecified atom stereocenters. The van der Waals surface area contributed by atoms with Crippen molar-refractivity contribution in [2.75, 3.05) is 0 Å². The Morgan fingerprint density at radius 3 is 2.54 bits per heavy atom. The average Bonchev–Trinajstić information content (AvgIpc) is 2.91. The molecule has 0 amide bonds. The van der Waals surface area contributed by atoms with Gasteiger partial charge in [-0.1, -0.05) is 30.3 Å². The molecule has 4 aromatic rings. The lowest BCUT2D eigenvalue weighted by atomic mass is 10.2. The number of aromatic nitrogens is 3. The van der Waals surface area contributed by atoms with Gasteiger partial charge in [0.15, 0.2) is 0 Å². The van der Waals surface area contributed by atoms with E-state index in [0.29, 0.717) is 10.9 Å². The quantitative estimate of drug-likeness (QED) is 0.575. The number of hydrogen-bond acceptors (Lipinski definition) is 3. The molecule has 0 aliphatic heterocycles. The molecule has 0 saturated heterocycles. The van der Waals surface area contributed by atoms with Crippen molar-refractivity contribution in [1.29, 1.82) is 0 Å². The molecule has 6 nitrogen and oxygen atoms in total. The van der Waals surface area contributed by atoms with Gasteiger partial charge in [-0.15, -0.1) is 4.68 Å². The smallest absolute Gasteiger partial charge is 0.349 e. The summed E-state index contributed by atoms with van der Waals surface area (Å²) in [6.45, 7) is 0. The van der Waals surface area contributed by atoms with E-state index in [4.69, 9.17) is 0 Å². The molecule has 2 aromatic heterocycles. The van der Waals surface area contributed by atoms with E-state index in [9.17, 15) is 9.59 Å². The van der Waals surface area contributed by atoms with E-state index in [0.717, 1.165) is 21.1 Å². The fraction of sp³-hybridized carbons (Fsp3) is 0.0556. The fourth-order valence-electron chi connectivity index (χ4n) is 2.85. The first-order valence-corrected chi connectivity index (χ1v) is 7.47. The normalized spacial score (nSPS) is 11.7. The first-order valence-electron chi connectivity index (χ1n) is 7.47. The lowest BCUT2D eigenvalue weighted by Crippen LogP contribution is -2.32. The maximum absolute atomic E-state index is 12.5. The Morgan fingerprint density at radius 2 is 1.71 bits per heavy atom. The largest absolute Gasteiger partial charge is 0.350 e. The zero-order valence-corrected chi connectivity index (χ0v) is 12.9. The van der Waals surface area contributed by atoms with Crippen molar-refractivity contribution in [3.63, 3.8) is 0 Å². The lowest BCUT2D eigenvalue weighted by Gasteiger charge is -2.00. The highest BCUT2D eigenvalue weighted by Gasteiger charge is 2.07. The van der Waals surface area contributed by atoms with Crippen molar-refractivity contribution in [3.05, 3.63) is 81.1 Å². The van der Waals surface area contributed by atoms with Gasteiger partial charge in [-0.05, 0) is 18.2 Å². The predicted molar refractivity (Wildman–Crippen MR) is 94.7 cm³/mol. The second-order valence-corrected chi connectivity index (χ2v) is 5.55. The number of benzene rings is 2. The van der Waals surface area contributed by atoms with Crippen LogP contribution in [-0.2, 0) is 7.05 Å². The van der Waals surface area contributed by atoms with Crippen molar-refractivity contribution < 1.29 is 0 Å². The van der Waals surface area contributed by atoms with Crippen LogP contribution in [0.5, 0.6) is 0 Å². The highest BCUT2D eigenvalue weighted by molar-refractivity contribution is 5.99. The predicted octanol–water partition coefficient (Wildman–Crippen LogP) is 2.06. The molecule has 2 heterocycles. The summed E-state index contributed by atoms with van der Waals surface area (Å²) in [7, 11) is 1.94. The van der Waals surface area contributed by atoms with E-state index in [1.807, 2.05) is 42.1 Å². The number of hydrogen-bond donors (Lipinski definition) is 1. The Kier molecular flexibility index (Phi) is 3.16. The van der Waals surface area contributed by atoms with E-state index in [1.54, 1.807) is 24.3 Å². The summed E-state index contributed by atoms with van der Waals surface area (Å²) in [5.41, 5.74) is 1.40. The van der Waals surface area contributed by atoms with E-state index >= 15 is 0 Å². The Labute approximate surface area is 136 Å². The molecule has 0 bridgehead atoms. The molecule has 6 heteroatoms. The number of nitrogens with zero attached hydrogens (tertiary/aromatic N) is 3.